The number of amides is 4. The summed E-state index contributed by atoms with van der Waals surface area (Å²) in [7, 11) is -6.00. The molecule has 0 bridgehead atoms. The Hall–Kier alpha value is -9.22. The lowest BCUT2D eigenvalue weighted by Gasteiger charge is -2.28. The summed E-state index contributed by atoms with van der Waals surface area (Å²) in [6.45, 7) is 73.7. The third kappa shape index (κ3) is 88.5. The van der Waals surface area contributed by atoms with Gasteiger partial charge >= 0.3 is 35.8 Å². The first kappa shape index (κ1) is 154. The smallest absolute Gasteiger partial charge is 0.308 e. The number of carbonyl (C=O) groups excluding carboxylic acids is 11. The molecule has 0 spiro atoms. The van der Waals surface area contributed by atoms with Crippen LogP contribution in [-0.2, 0) is 140 Å². The SMILES string of the molecule is C.CC(=O)C(C)C.CC(C)C(=O)N1CCCCC1.CC(C)C(=O)NC1CCCC1OCc1ccccc1.CC(C)C(=O)NS(C)(=O)=O.CC(C)C(=O)OC1CCC1.CC(C)C(=O)OCc1ccccc1.CC(C)COS(C)(=O)=O.CCC(C)C.CCN(CC)C(C)C.CCOC(=O)C(C)C.CCOC(=O)CC(C)C.COC(=O)C(C)C.COc1ccc(COC(=O)C(C)C)cc1.Cc1ccc(S(=O)(=O)N(C)C(=O)C(C)C)cc1. The highest BCUT2D eigenvalue weighted by Gasteiger charge is 2.31. The molecule has 2 unspecified atom stereocenters. The summed E-state index contributed by atoms with van der Waals surface area (Å²) in [4.78, 5) is 125. The number of piperidine rings is 1. The van der Waals surface area contributed by atoms with Gasteiger partial charge < -0.3 is 53.0 Å². The van der Waals surface area contributed by atoms with E-state index in [9.17, 15) is 78.0 Å². The molecule has 34 heteroatoms. The number of hydrogen-bond acceptors (Lipinski definition) is 27. The molecule has 0 aromatic heterocycles. The van der Waals surface area contributed by atoms with Crippen molar-refractivity contribution < 1.29 is 120 Å². The van der Waals surface area contributed by atoms with E-state index in [2.05, 4.69) is 84.5 Å². The van der Waals surface area contributed by atoms with Gasteiger partial charge in [-0.3, -0.25) is 61.6 Å². The number of nitrogens with zero attached hydrogens (tertiary/aromatic N) is 3. The van der Waals surface area contributed by atoms with Crippen LogP contribution in [0.15, 0.2) is 114 Å². The Kier molecular flexibility index (Phi) is 93.1. The van der Waals surface area contributed by atoms with Crippen molar-refractivity contribution in [3.63, 3.8) is 0 Å². The van der Waals surface area contributed by atoms with Gasteiger partial charge in [0.25, 0.3) is 20.1 Å². The second-order valence-electron chi connectivity index (χ2n) is 40.0. The molecule has 2 N–H and O–H groups in total. The van der Waals surface area contributed by atoms with Gasteiger partial charge in [0.05, 0.1) is 99.8 Å². The van der Waals surface area contributed by atoms with E-state index in [1.165, 1.54) is 77.0 Å². The summed E-state index contributed by atoms with van der Waals surface area (Å²) in [5, 5.41) is 3.10. The van der Waals surface area contributed by atoms with Gasteiger partial charge in [0.2, 0.25) is 33.7 Å². The van der Waals surface area contributed by atoms with Crippen molar-refractivity contribution in [2.75, 3.05) is 79.8 Å². The van der Waals surface area contributed by atoms with Crippen LogP contribution < -0.4 is 14.8 Å². The van der Waals surface area contributed by atoms with Crippen LogP contribution in [0.25, 0.3) is 0 Å². The highest BCUT2D eigenvalue weighted by molar-refractivity contribution is 7.89. The molecule has 7 rings (SSSR count). The number of rotatable bonds is 34. The lowest BCUT2D eigenvalue weighted by Crippen LogP contribution is -2.42. The zero-order valence-corrected chi connectivity index (χ0v) is 100. The van der Waals surface area contributed by atoms with Crippen LogP contribution >= 0.6 is 0 Å². The van der Waals surface area contributed by atoms with Gasteiger partial charge in [-0.2, -0.15) is 8.42 Å². The van der Waals surface area contributed by atoms with Gasteiger partial charge in [-0.15, -0.1) is 0 Å². The zero-order valence-electron chi connectivity index (χ0n) is 97.7. The van der Waals surface area contributed by atoms with E-state index in [1.807, 2.05) is 221 Å². The summed E-state index contributed by atoms with van der Waals surface area (Å²) in [6, 6.07) is 34.6. The van der Waals surface area contributed by atoms with Gasteiger partial charge in [0, 0.05) is 62.2 Å². The molecule has 3 fully saturated rings. The normalized spacial score (nSPS) is 13.2. The minimum Gasteiger partial charge on any atom is -0.497 e. The van der Waals surface area contributed by atoms with E-state index in [-0.39, 0.29) is 150 Å². The Bertz CT molecular complexity index is 4490. The average molecular weight is 2160 g/mol. The van der Waals surface area contributed by atoms with E-state index < -0.39 is 42.0 Å². The lowest BCUT2D eigenvalue weighted by molar-refractivity contribution is -0.157. The summed E-state index contributed by atoms with van der Waals surface area (Å²) >= 11 is 0. The molecule has 2 aliphatic carbocycles. The molecule has 2 saturated carbocycles. The molecular weight excluding hydrogens is 1950 g/mol. The molecule has 148 heavy (non-hydrogen) atoms. The third-order valence-electron chi connectivity index (χ3n) is 20.7. The molecule has 0 radical (unpaired) electrons. The summed E-state index contributed by atoms with van der Waals surface area (Å²) in [5.41, 5.74) is 4.14. The molecule has 1 aliphatic heterocycles. The van der Waals surface area contributed by atoms with Crippen molar-refractivity contribution in [3.8, 4) is 5.75 Å². The number of nitrogens with one attached hydrogen (secondary N) is 2. The maximum atomic E-state index is 12.1. The van der Waals surface area contributed by atoms with Gasteiger partial charge in [0.1, 0.15) is 30.9 Å². The maximum Gasteiger partial charge on any atom is 0.308 e. The molecule has 31 nitrogen and oxygen atoms in total. The Morgan fingerprint density at radius 3 is 1.13 bits per heavy atom. The number of methoxy groups -OCH3 is 2. The summed E-state index contributed by atoms with van der Waals surface area (Å²) in [5.74, 6) is 1.14. The highest BCUT2D eigenvalue weighted by atomic mass is 32.2. The van der Waals surface area contributed by atoms with Crippen molar-refractivity contribution >= 4 is 95.4 Å². The largest absolute Gasteiger partial charge is 0.497 e. The second-order valence-corrected chi connectivity index (χ2v) is 45.4. The average Bonchev–Trinajstić information content (AvgIpc) is 0.844. The van der Waals surface area contributed by atoms with Crippen LogP contribution in [-0.4, -0.2) is 209 Å². The minimum absolute atomic E-state index is 0. The number of likely N-dealkylation sites (tertiary alicyclic amines) is 1. The fraction of sp³-hybridized carbons (Fsp3) is 0.693. The van der Waals surface area contributed by atoms with Crippen molar-refractivity contribution in [2.24, 2.45) is 76.9 Å². The van der Waals surface area contributed by atoms with Crippen LogP contribution in [0, 0.1) is 83.9 Å². The van der Waals surface area contributed by atoms with E-state index >= 15 is 0 Å². The van der Waals surface area contributed by atoms with Crippen molar-refractivity contribution in [3.05, 3.63) is 131 Å². The van der Waals surface area contributed by atoms with Crippen molar-refractivity contribution in [1.29, 1.82) is 0 Å². The first-order valence-electron chi connectivity index (χ1n) is 52.1. The molecule has 4 amide bonds. The number of esters is 6. The second kappa shape index (κ2) is 89.4. The van der Waals surface area contributed by atoms with Crippen LogP contribution in [0.4, 0.5) is 0 Å². The predicted molar refractivity (Wildman–Crippen MR) is 597 cm³/mol. The number of benzene rings is 4. The quantitative estimate of drug-likeness (QED) is 0.0249. The Labute approximate surface area is 897 Å². The zero-order chi connectivity index (χ0) is 115. The molecule has 858 valence electrons. The lowest BCUT2D eigenvalue weighted by atomic mass is 9.96. The molecule has 1 saturated heterocycles. The molecule has 4 aromatic carbocycles. The number of ether oxygens (including phenoxy) is 8. The molecule has 2 atom stereocenters. The summed E-state index contributed by atoms with van der Waals surface area (Å²) < 4.78 is 113. The van der Waals surface area contributed by atoms with Gasteiger partial charge in [-0.25, -0.2) is 21.1 Å². The van der Waals surface area contributed by atoms with Crippen LogP contribution in [0.2, 0.25) is 0 Å². The van der Waals surface area contributed by atoms with Gasteiger partial charge in [0.15, 0.2) is 0 Å². The van der Waals surface area contributed by atoms with E-state index in [1.54, 1.807) is 74.6 Å². The first-order chi connectivity index (χ1) is 68.1. The monoisotopic (exact) mass is 2150 g/mol. The number of sulfonamides is 2. The topological polar surface area (TPSA) is 407 Å². The van der Waals surface area contributed by atoms with Crippen LogP contribution in [0.5, 0.6) is 5.75 Å². The maximum absolute atomic E-state index is 12.1. The van der Waals surface area contributed by atoms with Crippen molar-refractivity contribution in [1.82, 2.24) is 24.1 Å². The number of aryl methyl sites for hydroxylation is 1. The third-order valence-corrected chi connectivity index (χ3v) is 23.6. The number of Topliss-reactive ketones (excluding diaryl/α,β-unsaturated/α-hetero) is 1. The standard InChI is InChI=1S/C16H23NO2.C12H17NO3S.C12H16O3.C11H14O2.C9H17NO.C8H14O2.C7H17N.C7H14O2.C6H12O2.C5H11NO3S.C5H12O3S.C5H10O2.C5H10O.C5H12.CH4/c1-12(2)16(18)17-14-9-6-10-15(14)19-11-13-7-4-3-5-8-13;1-9(2)12(14)13(4)17(15,16)11-7-5-10(3)6-8-11;1-9(2)12(13)15-8-10-4-6-11(14-3)7-5-10;1-9(2)11(12)13-8-10-6-4-3-5-7-10;1-8(2)9(11)10-6-4-3-5-7-10;1-6(2)8(9)10-7-4-3-5-7;1-5-8(6-2)7(3)4;1-4-9-7(8)5-6(2)3;1-4-8-6(7)5(2)3;1-4(2)5(7)6-10(3,8)9;1-5(2)4-8-9(3,6)7;1-4(2)5(6)7-3;1-4(2)5(3)6;1-4-5(2)3;/h3-5,7-8,12,14-15H,6,9-11H2,1-2H3,(H,17,18);5-9H,1-4H3;4-7,9H,8H2,1-3H3;3-7,9H,8H2,1-2H3;8H,3-7H2,1-2H3;6-7H,3-5H2,1-2H3;7H,5-6H2,1-4H3;6H,4-5H2,1-3H3;5H,4H2,1-3H3;4H,1-3H3,(H,6,7);5H,4H2,1-3H3;4H,1-3H3;4H,1-3H3;5H,4H2,1-3H3;1H4. The highest BCUT2D eigenvalue weighted by Crippen LogP contribution is 2.26. The Morgan fingerprint density at radius 2 is 0.845 bits per heavy atom. The predicted octanol–water partition coefficient (Wildman–Crippen LogP) is 22.5. The minimum atomic E-state index is -3.72. The molecule has 1 heterocycles. The fourth-order valence-corrected chi connectivity index (χ4v) is 13.0. The molecule has 3 aliphatic rings. The summed E-state index contributed by atoms with van der Waals surface area (Å²) in [6.07, 6.45) is 14.5. The van der Waals surface area contributed by atoms with Crippen LogP contribution in [0.3, 0.4) is 0 Å². The van der Waals surface area contributed by atoms with Gasteiger partial charge in [-0.1, -0.05) is 305 Å². The first-order valence-corrected chi connectivity index (χ1v) is 57.3. The molecule has 4 aromatic rings. The fourth-order valence-electron chi connectivity index (χ4n) is 10.6. The van der Waals surface area contributed by atoms with Crippen LogP contribution in [0.1, 0.15) is 336 Å². The van der Waals surface area contributed by atoms with E-state index in [4.69, 9.17) is 28.4 Å². The van der Waals surface area contributed by atoms with E-state index in [0.717, 1.165) is 90.4 Å². The number of hydrogen-bond donors (Lipinski definition) is 2. The van der Waals surface area contributed by atoms with E-state index in [0.29, 0.717) is 57.3 Å². The Balaban J connectivity index is -0.000000241. The number of carbonyl (C=O) groups is 11. The van der Waals surface area contributed by atoms with Crippen molar-refractivity contribution in [2.45, 2.75) is 369 Å². The van der Waals surface area contributed by atoms with Gasteiger partial charge in [-0.05, 0) is 171 Å². The Morgan fingerprint density at radius 1 is 0.439 bits per heavy atom. The molecular formula is C114H203N5O26S3. The number of ketones is 1.